The van der Waals surface area contributed by atoms with E-state index in [9.17, 15) is 0 Å². The fourth-order valence-corrected chi connectivity index (χ4v) is 1.73. The number of aliphatic hydroxyl groups excluding tert-OH is 1. The summed E-state index contributed by atoms with van der Waals surface area (Å²) in [6, 6.07) is 0. The summed E-state index contributed by atoms with van der Waals surface area (Å²) in [5.74, 6) is 0.818. The molecule has 0 aliphatic heterocycles. The number of hydrogen-bond donors (Lipinski definition) is 1. The van der Waals surface area contributed by atoms with Crippen molar-refractivity contribution in [2.75, 3.05) is 0 Å². The van der Waals surface area contributed by atoms with E-state index in [1.54, 1.807) is 6.08 Å². The molecule has 0 aromatic rings. The molecular formula is C16H28O. The van der Waals surface area contributed by atoms with Crippen LogP contribution in [0.2, 0.25) is 0 Å². The van der Waals surface area contributed by atoms with Crippen molar-refractivity contribution in [1.29, 1.82) is 0 Å². The summed E-state index contributed by atoms with van der Waals surface area (Å²) >= 11 is 0. The zero-order chi connectivity index (χ0) is 13.1. The Morgan fingerprint density at radius 3 is 2.41 bits per heavy atom. The minimum absolute atomic E-state index is 0.818. The summed E-state index contributed by atoms with van der Waals surface area (Å²) in [5, 5.41) is 8.53. The maximum absolute atomic E-state index is 8.53. The maximum Gasteiger partial charge on any atom is 0.0791 e. The Bertz CT molecular complexity index is 269. The second kappa shape index (κ2) is 10.2. The topological polar surface area (TPSA) is 20.2 Å². The molecule has 98 valence electrons. The fraction of sp³-hybridized carbons (Fsp3) is 0.625. The van der Waals surface area contributed by atoms with Gasteiger partial charge in [-0.1, -0.05) is 43.6 Å². The SMILES string of the molecule is C/C(=C/CC/C(C)=C/C=C/O)CCCC(C)C. The van der Waals surface area contributed by atoms with Crippen LogP contribution in [0.25, 0.3) is 0 Å². The van der Waals surface area contributed by atoms with Crippen molar-refractivity contribution < 1.29 is 5.11 Å². The van der Waals surface area contributed by atoms with Gasteiger partial charge in [-0.25, -0.2) is 0 Å². The molecule has 1 N–H and O–H groups in total. The first-order chi connectivity index (χ1) is 8.06. The van der Waals surface area contributed by atoms with Crippen LogP contribution in [0, 0.1) is 5.92 Å². The lowest BCUT2D eigenvalue weighted by Gasteiger charge is -2.05. The van der Waals surface area contributed by atoms with Gasteiger partial charge >= 0.3 is 0 Å². The van der Waals surface area contributed by atoms with E-state index in [2.05, 4.69) is 33.8 Å². The van der Waals surface area contributed by atoms with Crippen LogP contribution in [0.15, 0.2) is 35.6 Å². The van der Waals surface area contributed by atoms with Gasteiger partial charge in [-0.05, 0) is 51.5 Å². The normalized spacial score (nSPS) is 13.9. The molecule has 0 fully saturated rings. The van der Waals surface area contributed by atoms with Crippen molar-refractivity contribution >= 4 is 0 Å². The van der Waals surface area contributed by atoms with E-state index in [0.717, 1.165) is 25.0 Å². The van der Waals surface area contributed by atoms with Gasteiger partial charge in [-0.15, -0.1) is 0 Å². The van der Waals surface area contributed by atoms with Gasteiger partial charge in [0.15, 0.2) is 0 Å². The number of rotatable bonds is 8. The number of aliphatic hydroxyl groups is 1. The van der Waals surface area contributed by atoms with Crippen LogP contribution in [0.5, 0.6) is 0 Å². The van der Waals surface area contributed by atoms with Gasteiger partial charge < -0.3 is 5.11 Å². The Labute approximate surface area is 107 Å². The number of allylic oxidation sites excluding steroid dienone is 5. The van der Waals surface area contributed by atoms with Crippen LogP contribution in [0.3, 0.4) is 0 Å². The Morgan fingerprint density at radius 2 is 1.82 bits per heavy atom. The molecule has 0 heterocycles. The van der Waals surface area contributed by atoms with Crippen molar-refractivity contribution in [1.82, 2.24) is 0 Å². The summed E-state index contributed by atoms with van der Waals surface area (Å²) < 4.78 is 0. The standard InChI is InChI=1S/C16H28O/c1-14(2)8-5-9-15(3)10-6-11-16(4)12-7-13-17/h7,10,12-14,17H,5-6,8-9,11H2,1-4H3/b13-7+,15-10-,16-12+. The van der Waals surface area contributed by atoms with Crippen LogP contribution in [0.4, 0.5) is 0 Å². The monoisotopic (exact) mass is 236 g/mol. The smallest absolute Gasteiger partial charge is 0.0791 e. The molecular weight excluding hydrogens is 208 g/mol. The summed E-state index contributed by atoms with van der Waals surface area (Å²) in [5.41, 5.74) is 2.82. The van der Waals surface area contributed by atoms with E-state index in [1.165, 1.54) is 30.4 Å². The van der Waals surface area contributed by atoms with Crippen molar-refractivity contribution in [3.05, 3.63) is 35.6 Å². The fourth-order valence-electron chi connectivity index (χ4n) is 1.73. The molecule has 0 atom stereocenters. The zero-order valence-corrected chi connectivity index (χ0v) is 11.9. The lowest BCUT2D eigenvalue weighted by molar-refractivity contribution is 0.473. The first-order valence-corrected chi connectivity index (χ1v) is 6.68. The average Bonchev–Trinajstić information content (AvgIpc) is 2.25. The molecule has 0 bridgehead atoms. The highest BCUT2D eigenvalue weighted by atomic mass is 16.2. The molecule has 0 amide bonds. The minimum Gasteiger partial charge on any atom is -0.516 e. The Morgan fingerprint density at radius 1 is 1.12 bits per heavy atom. The van der Waals surface area contributed by atoms with Gasteiger partial charge in [0.2, 0.25) is 0 Å². The first-order valence-electron chi connectivity index (χ1n) is 6.68. The molecule has 0 spiro atoms. The van der Waals surface area contributed by atoms with Crippen molar-refractivity contribution in [3.8, 4) is 0 Å². The van der Waals surface area contributed by atoms with Crippen LogP contribution in [-0.4, -0.2) is 5.11 Å². The van der Waals surface area contributed by atoms with E-state index < -0.39 is 0 Å². The quantitative estimate of drug-likeness (QED) is 0.332. The van der Waals surface area contributed by atoms with Crippen LogP contribution in [-0.2, 0) is 0 Å². The molecule has 1 nitrogen and oxygen atoms in total. The number of hydrogen-bond acceptors (Lipinski definition) is 1. The predicted octanol–water partition coefficient (Wildman–Crippen LogP) is 5.56. The van der Waals surface area contributed by atoms with E-state index >= 15 is 0 Å². The molecule has 0 saturated heterocycles. The largest absolute Gasteiger partial charge is 0.516 e. The highest BCUT2D eigenvalue weighted by molar-refractivity contribution is 5.10. The second-order valence-corrected chi connectivity index (χ2v) is 5.23. The van der Waals surface area contributed by atoms with Crippen molar-refractivity contribution in [3.63, 3.8) is 0 Å². The molecule has 0 aliphatic carbocycles. The van der Waals surface area contributed by atoms with Gasteiger partial charge in [0.25, 0.3) is 0 Å². The van der Waals surface area contributed by atoms with E-state index in [-0.39, 0.29) is 0 Å². The van der Waals surface area contributed by atoms with Crippen LogP contribution in [0.1, 0.15) is 59.8 Å². The molecule has 17 heavy (non-hydrogen) atoms. The van der Waals surface area contributed by atoms with E-state index in [1.807, 2.05) is 6.08 Å². The summed E-state index contributed by atoms with van der Waals surface area (Å²) in [6.07, 6.45) is 13.1. The second-order valence-electron chi connectivity index (χ2n) is 5.23. The molecule has 0 radical (unpaired) electrons. The summed E-state index contributed by atoms with van der Waals surface area (Å²) in [7, 11) is 0. The predicted molar refractivity (Wildman–Crippen MR) is 77.2 cm³/mol. The molecule has 0 unspecified atom stereocenters. The maximum atomic E-state index is 8.53. The lowest BCUT2D eigenvalue weighted by Crippen LogP contribution is -1.87. The Kier molecular flexibility index (Phi) is 9.60. The van der Waals surface area contributed by atoms with Gasteiger partial charge in [-0.3, -0.25) is 0 Å². The third-order valence-corrected chi connectivity index (χ3v) is 2.85. The summed E-state index contributed by atoms with van der Waals surface area (Å²) in [4.78, 5) is 0. The highest BCUT2D eigenvalue weighted by Crippen LogP contribution is 2.13. The lowest BCUT2D eigenvalue weighted by atomic mass is 10.0. The Balaban J connectivity index is 3.76. The molecule has 1 heteroatoms. The molecule has 0 aromatic carbocycles. The average molecular weight is 236 g/mol. The van der Waals surface area contributed by atoms with Gasteiger partial charge in [0, 0.05) is 0 Å². The molecule has 0 saturated carbocycles. The van der Waals surface area contributed by atoms with Crippen molar-refractivity contribution in [2.24, 2.45) is 5.92 Å². The highest BCUT2D eigenvalue weighted by Gasteiger charge is 1.95. The van der Waals surface area contributed by atoms with Crippen LogP contribution < -0.4 is 0 Å². The van der Waals surface area contributed by atoms with E-state index in [4.69, 9.17) is 5.11 Å². The molecule has 0 aliphatic rings. The first kappa shape index (κ1) is 16.0. The Hall–Kier alpha value is -0.980. The third kappa shape index (κ3) is 11.3. The van der Waals surface area contributed by atoms with Gasteiger partial charge in [0.05, 0.1) is 6.26 Å². The van der Waals surface area contributed by atoms with Crippen LogP contribution >= 0.6 is 0 Å². The van der Waals surface area contributed by atoms with Gasteiger partial charge in [0.1, 0.15) is 0 Å². The minimum atomic E-state index is 0.818. The summed E-state index contributed by atoms with van der Waals surface area (Å²) in [6.45, 7) is 8.89. The van der Waals surface area contributed by atoms with Gasteiger partial charge in [-0.2, -0.15) is 0 Å². The van der Waals surface area contributed by atoms with E-state index in [0.29, 0.717) is 0 Å². The molecule has 0 rings (SSSR count). The third-order valence-electron chi connectivity index (χ3n) is 2.85. The molecule has 0 aromatic heterocycles. The zero-order valence-electron chi connectivity index (χ0n) is 11.9. The van der Waals surface area contributed by atoms with Crippen molar-refractivity contribution in [2.45, 2.75) is 59.8 Å².